The average Bonchev–Trinajstić information content (AvgIpc) is 2.26. The maximum atomic E-state index is 11.4. The number of hydrogen-bond donors (Lipinski definition) is 1. The van der Waals surface area contributed by atoms with Crippen molar-refractivity contribution >= 4 is 9.84 Å². The average molecular weight is 278 g/mol. The monoisotopic (exact) mass is 278 g/mol. The lowest BCUT2D eigenvalue weighted by Crippen LogP contribution is -2.57. The van der Waals surface area contributed by atoms with Crippen molar-refractivity contribution in [2.24, 2.45) is 0 Å². The second-order valence-electron chi connectivity index (χ2n) is 5.53. The van der Waals surface area contributed by atoms with Crippen molar-refractivity contribution in [2.75, 3.05) is 32.6 Å². The van der Waals surface area contributed by atoms with Crippen LogP contribution < -0.4 is 5.32 Å². The summed E-state index contributed by atoms with van der Waals surface area (Å²) >= 11 is 0. The van der Waals surface area contributed by atoms with Crippen molar-refractivity contribution < 1.29 is 8.42 Å². The van der Waals surface area contributed by atoms with Gasteiger partial charge in [-0.15, -0.1) is 0 Å². The number of nitrogens with zero attached hydrogens (tertiary/aromatic N) is 1. The summed E-state index contributed by atoms with van der Waals surface area (Å²) in [6.07, 6.45) is 4.03. The van der Waals surface area contributed by atoms with Gasteiger partial charge in [-0.3, -0.25) is 0 Å². The van der Waals surface area contributed by atoms with Crippen LogP contribution in [0.15, 0.2) is 0 Å². The van der Waals surface area contributed by atoms with Crippen molar-refractivity contribution in [1.29, 1.82) is 0 Å². The summed E-state index contributed by atoms with van der Waals surface area (Å²) < 4.78 is 22.7. The van der Waals surface area contributed by atoms with Gasteiger partial charge in [-0.1, -0.05) is 13.8 Å². The van der Waals surface area contributed by atoms with Crippen LogP contribution >= 0.6 is 0 Å². The van der Waals surface area contributed by atoms with Gasteiger partial charge in [0.15, 0.2) is 0 Å². The highest BCUT2D eigenvalue weighted by Crippen LogP contribution is 2.23. The number of hydrogen-bond acceptors (Lipinski definition) is 4. The van der Waals surface area contributed by atoms with Crippen LogP contribution in [0, 0.1) is 0 Å². The van der Waals surface area contributed by atoms with E-state index >= 15 is 0 Å². The molecule has 0 aliphatic rings. The number of rotatable bonds is 9. The molecule has 0 aromatic rings. The summed E-state index contributed by atoms with van der Waals surface area (Å²) in [6.45, 7) is 7.40. The van der Waals surface area contributed by atoms with Crippen molar-refractivity contribution in [1.82, 2.24) is 10.2 Å². The number of likely N-dealkylation sites (N-methyl/N-ethyl adjacent to an activating group) is 1. The van der Waals surface area contributed by atoms with Gasteiger partial charge in [0.25, 0.3) is 0 Å². The summed E-state index contributed by atoms with van der Waals surface area (Å²) in [5, 5.41) is 3.51. The first-order valence-corrected chi connectivity index (χ1v) is 8.82. The number of nitrogens with one attached hydrogen (secondary N) is 1. The summed E-state index contributed by atoms with van der Waals surface area (Å²) in [7, 11) is 1.22. The van der Waals surface area contributed by atoms with E-state index < -0.39 is 9.84 Å². The molecule has 0 aliphatic carbocycles. The van der Waals surface area contributed by atoms with Crippen LogP contribution in [0.5, 0.6) is 0 Å². The van der Waals surface area contributed by atoms with E-state index in [0.29, 0.717) is 6.42 Å². The molecule has 0 bridgehead atoms. The molecule has 0 aliphatic heterocycles. The zero-order valence-electron chi connectivity index (χ0n) is 12.8. The highest BCUT2D eigenvalue weighted by molar-refractivity contribution is 7.90. The van der Waals surface area contributed by atoms with Gasteiger partial charge >= 0.3 is 0 Å². The molecule has 5 heteroatoms. The maximum Gasteiger partial charge on any atom is 0.147 e. The molecule has 0 fully saturated rings. The van der Waals surface area contributed by atoms with E-state index in [-0.39, 0.29) is 17.3 Å². The van der Waals surface area contributed by atoms with Crippen LogP contribution in [0.2, 0.25) is 0 Å². The van der Waals surface area contributed by atoms with Gasteiger partial charge in [0.2, 0.25) is 0 Å². The molecule has 2 unspecified atom stereocenters. The third-order valence-corrected chi connectivity index (χ3v) is 4.88. The van der Waals surface area contributed by atoms with Crippen molar-refractivity contribution in [3.05, 3.63) is 0 Å². The number of sulfone groups is 1. The molecule has 0 aromatic heterocycles. The Morgan fingerprint density at radius 1 is 1.28 bits per heavy atom. The first-order chi connectivity index (χ1) is 8.17. The van der Waals surface area contributed by atoms with Crippen LogP contribution in [0.4, 0.5) is 0 Å². The Morgan fingerprint density at radius 2 is 1.83 bits per heavy atom. The molecule has 0 heterocycles. The van der Waals surface area contributed by atoms with Gasteiger partial charge in [0, 0.05) is 17.8 Å². The van der Waals surface area contributed by atoms with E-state index in [1.165, 1.54) is 6.26 Å². The molecule has 18 heavy (non-hydrogen) atoms. The molecule has 0 saturated heterocycles. The molecule has 0 spiro atoms. The Hall–Kier alpha value is -0.130. The molecule has 110 valence electrons. The SMILES string of the molecule is CCCNC(CCS(C)(=O)=O)C(C)(CC)N(C)C. The topological polar surface area (TPSA) is 49.4 Å². The van der Waals surface area contributed by atoms with Crippen LogP contribution in [0.1, 0.15) is 40.0 Å². The third-order valence-electron chi connectivity index (χ3n) is 3.91. The quantitative estimate of drug-likeness (QED) is 0.695. The minimum atomic E-state index is -2.90. The summed E-state index contributed by atoms with van der Waals surface area (Å²) in [4.78, 5) is 2.20. The van der Waals surface area contributed by atoms with Gasteiger partial charge < -0.3 is 10.2 Å². The first kappa shape index (κ1) is 17.9. The van der Waals surface area contributed by atoms with Crippen molar-refractivity contribution in [3.8, 4) is 0 Å². The largest absolute Gasteiger partial charge is 0.312 e. The van der Waals surface area contributed by atoms with Crippen LogP contribution in [-0.4, -0.2) is 57.5 Å². The summed E-state index contributed by atoms with van der Waals surface area (Å²) in [5.41, 5.74) is -0.0140. The minimum Gasteiger partial charge on any atom is -0.312 e. The second-order valence-corrected chi connectivity index (χ2v) is 7.79. The normalized spacial score (nSPS) is 17.7. The summed E-state index contributed by atoms with van der Waals surface area (Å²) in [5.74, 6) is 0.248. The molecule has 0 aromatic carbocycles. The first-order valence-electron chi connectivity index (χ1n) is 6.76. The van der Waals surface area contributed by atoms with Crippen molar-refractivity contribution in [3.63, 3.8) is 0 Å². The Balaban J connectivity index is 4.84. The molecule has 2 atom stereocenters. The summed E-state index contributed by atoms with van der Waals surface area (Å²) in [6, 6.07) is 0.201. The van der Waals surface area contributed by atoms with E-state index in [1.807, 2.05) is 0 Å². The lowest BCUT2D eigenvalue weighted by atomic mass is 9.86. The molecular weight excluding hydrogens is 248 g/mol. The second kappa shape index (κ2) is 7.46. The predicted octanol–water partition coefficient (Wildman–Crippen LogP) is 1.52. The van der Waals surface area contributed by atoms with E-state index in [1.54, 1.807) is 0 Å². The molecular formula is C13H30N2O2S. The lowest BCUT2D eigenvalue weighted by Gasteiger charge is -2.43. The zero-order chi connectivity index (χ0) is 14.4. The highest BCUT2D eigenvalue weighted by Gasteiger charge is 2.34. The van der Waals surface area contributed by atoms with E-state index in [4.69, 9.17) is 0 Å². The van der Waals surface area contributed by atoms with E-state index in [9.17, 15) is 8.42 Å². The fraction of sp³-hybridized carbons (Fsp3) is 1.00. The van der Waals surface area contributed by atoms with Gasteiger partial charge in [0.1, 0.15) is 9.84 Å². The molecule has 0 radical (unpaired) electrons. The molecule has 0 saturated carbocycles. The van der Waals surface area contributed by atoms with Gasteiger partial charge in [0.05, 0.1) is 5.75 Å². The Bertz CT molecular complexity index is 328. The molecule has 4 nitrogen and oxygen atoms in total. The smallest absolute Gasteiger partial charge is 0.147 e. The predicted molar refractivity (Wildman–Crippen MR) is 78.8 cm³/mol. The van der Waals surface area contributed by atoms with Gasteiger partial charge in [-0.25, -0.2) is 8.42 Å². The third kappa shape index (κ3) is 5.67. The van der Waals surface area contributed by atoms with E-state index in [2.05, 4.69) is 45.1 Å². The fourth-order valence-electron chi connectivity index (χ4n) is 2.16. The van der Waals surface area contributed by atoms with Crippen LogP contribution in [-0.2, 0) is 9.84 Å². The molecule has 0 rings (SSSR count). The van der Waals surface area contributed by atoms with Crippen LogP contribution in [0.25, 0.3) is 0 Å². The van der Waals surface area contributed by atoms with Gasteiger partial charge in [-0.05, 0) is 46.8 Å². The minimum absolute atomic E-state index is 0.0140. The fourth-order valence-corrected chi connectivity index (χ4v) is 2.82. The maximum absolute atomic E-state index is 11.4. The highest BCUT2D eigenvalue weighted by atomic mass is 32.2. The Kier molecular flexibility index (Phi) is 7.40. The van der Waals surface area contributed by atoms with Crippen molar-refractivity contribution in [2.45, 2.75) is 51.6 Å². The Labute approximate surface area is 113 Å². The van der Waals surface area contributed by atoms with E-state index in [0.717, 1.165) is 19.4 Å². The van der Waals surface area contributed by atoms with Crippen LogP contribution in [0.3, 0.4) is 0 Å². The molecule has 1 N–H and O–H groups in total. The Morgan fingerprint density at radius 3 is 2.17 bits per heavy atom. The van der Waals surface area contributed by atoms with Gasteiger partial charge in [-0.2, -0.15) is 0 Å². The lowest BCUT2D eigenvalue weighted by molar-refractivity contribution is 0.111. The molecule has 0 amide bonds. The zero-order valence-corrected chi connectivity index (χ0v) is 13.6. The standard InChI is InChI=1S/C13H30N2O2S/c1-7-10-14-12(9-11-18(6,16)17)13(3,8-2)15(4)5/h12,14H,7-11H2,1-6H3.